The monoisotopic (exact) mass is 301 g/mol. The predicted octanol–water partition coefficient (Wildman–Crippen LogP) is 2.86. The Balaban J connectivity index is 2.00. The molecule has 0 bridgehead atoms. The molecule has 1 aromatic heterocycles. The molecule has 2 rings (SSSR count). The third kappa shape index (κ3) is 3.28. The van der Waals surface area contributed by atoms with Crippen molar-refractivity contribution in [2.75, 3.05) is 7.05 Å². The standard InChI is InChI=1S/C13H16ClNO3S/c1-15(7-8-5-6-11(14)19-8)12(16)9-3-2-4-10(9)13(17)18/h5-6,9-10H,2-4,7H2,1H3,(H,17,18). The van der Waals surface area contributed by atoms with Gasteiger partial charge in [0.25, 0.3) is 0 Å². The van der Waals surface area contributed by atoms with Crippen LogP contribution in [0.4, 0.5) is 0 Å². The highest BCUT2D eigenvalue weighted by Crippen LogP contribution is 2.33. The van der Waals surface area contributed by atoms with Crippen LogP contribution in [-0.4, -0.2) is 28.9 Å². The fourth-order valence-electron chi connectivity index (χ4n) is 2.58. The molecule has 19 heavy (non-hydrogen) atoms. The summed E-state index contributed by atoms with van der Waals surface area (Å²) >= 11 is 7.29. The average molecular weight is 302 g/mol. The molecule has 2 unspecified atom stereocenters. The van der Waals surface area contributed by atoms with E-state index in [4.69, 9.17) is 16.7 Å². The van der Waals surface area contributed by atoms with Gasteiger partial charge in [-0.2, -0.15) is 0 Å². The predicted molar refractivity (Wildman–Crippen MR) is 74.3 cm³/mol. The summed E-state index contributed by atoms with van der Waals surface area (Å²) in [5.41, 5.74) is 0. The number of hydrogen-bond donors (Lipinski definition) is 1. The second kappa shape index (κ2) is 5.92. The van der Waals surface area contributed by atoms with Gasteiger partial charge >= 0.3 is 5.97 Å². The molecule has 0 spiro atoms. The quantitative estimate of drug-likeness (QED) is 0.930. The van der Waals surface area contributed by atoms with Crippen LogP contribution in [0, 0.1) is 11.8 Å². The molecule has 0 aromatic carbocycles. The second-order valence-electron chi connectivity index (χ2n) is 4.88. The van der Waals surface area contributed by atoms with Crippen molar-refractivity contribution in [3.8, 4) is 0 Å². The van der Waals surface area contributed by atoms with E-state index in [-0.39, 0.29) is 11.8 Å². The minimum Gasteiger partial charge on any atom is -0.481 e. The van der Waals surface area contributed by atoms with Gasteiger partial charge in [0.2, 0.25) is 5.91 Å². The van der Waals surface area contributed by atoms with E-state index in [1.165, 1.54) is 11.3 Å². The molecule has 1 saturated carbocycles. The minimum absolute atomic E-state index is 0.0746. The van der Waals surface area contributed by atoms with Crippen molar-refractivity contribution >= 4 is 34.8 Å². The van der Waals surface area contributed by atoms with Crippen LogP contribution in [0.3, 0.4) is 0 Å². The van der Waals surface area contributed by atoms with Crippen molar-refractivity contribution in [2.45, 2.75) is 25.8 Å². The Morgan fingerprint density at radius 1 is 1.42 bits per heavy atom. The fourth-order valence-corrected chi connectivity index (χ4v) is 3.72. The molecule has 1 aromatic rings. The first kappa shape index (κ1) is 14.3. The van der Waals surface area contributed by atoms with E-state index in [1.807, 2.05) is 6.07 Å². The Morgan fingerprint density at radius 3 is 2.68 bits per heavy atom. The zero-order valence-corrected chi connectivity index (χ0v) is 12.2. The first-order chi connectivity index (χ1) is 8.99. The zero-order valence-electron chi connectivity index (χ0n) is 10.6. The topological polar surface area (TPSA) is 57.6 Å². The van der Waals surface area contributed by atoms with E-state index in [0.717, 1.165) is 11.3 Å². The number of amides is 1. The van der Waals surface area contributed by atoms with Crippen LogP contribution in [0.5, 0.6) is 0 Å². The van der Waals surface area contributed by atoms with E-state index >= 15 is 0 Å². The molecular weight excluding hydrogens is 286 g/mol. The Bertz CT molecular complexity index is 488. The summed E-state index contributed by atoms with van der Waals surface area (Å²) in [4.78, 5) is 26.0. The number of hydrogen-bond acceptors (Lipinski definition) is 3. The van der Waals surface area contributed by atoms with Crippen molar-refractivity contribution in [1.29, 1.82) is 0 Å². The number of aliphatic carboxylic acids is 1. The number of rotatable bonds is 4. The van der Waals surface area contributed by atoms with Crippen LogP contribution < -0.4 is 0 Å². The molecule has 0 radical (unpaired) electrons. The average Bonchev–Trinajstić information content (AvgIpc) is 2.97. The zero-order chi connectivity index (χ0) is 14.0. The van der Waals surface area contributed by atoms with Crippen LogP contribution >= 0.6 is 22.9 Å². The van der Waals surface area contributed by atoms with E-state index < -0.39 is 11.9 Å². The highest BCUT2D eigenvalue weighted by atomic mass is 35.5. The van der Waals surface area contributed by atoms with Gasteiger partial charge < -0.3 is 10.0 Å². The van der Waals surface area contributed by atoms with Gasteiger partial charge in [0.05, 0.1) is 22.7 Å². The number of carbonyl (C=O) groups excluding carboxylic acids is 1. The number of thiophene rings is 1. The Morgan fingerprint density at radius 2 is 2.11 bits per heavy atom. The highest BCUT2D eigenvalue weighted by molar-refractivity contribution is 7.16. The third-order valence-corrected chi connectivity index (χ3v) is 4.76. The molecular formula is C13H16ClNO3S. The summed E-state index contributed by atoms with van der Waals surface area (Å²) in [6.45, 7) is 0.485. The molecule has 6 heteroatoms. The molecule has 1 fully saturated rings. The molecule has 104 valence electrons. The van der Waals surface area contributed by atoms with Crippen molar-refractivity contribution in [2.24, 2.45) is 11.8 Å². The lowest BCUT2D eigenvalue weighted by Crippen LogP contribution is -2.36. The first-order valence-electron chi connectivity index (χ1n) is 6.21. The van der Waals surface area contributed by atoms with Gasteiger partial charge in [-0.15, -0.1) is 11.3 Å². The molecule has 4 nitrogen and oxygen atoms in total. The molecule has 1 aliphatic carbocycles. The van der Waals surface area contributed by atoms with Gasteiger partial charge in [0.1, 0.15) is 0 Å². The molecule has 0 aliphatic heterocycles. The lowest BCUT2D eigenvalue weighted by molar-refractivity contribution is -0.148. The van der Waals surface area contributed by atoms with Gasteiger partial charge in [-0.05, 0) is 25.0 Å². The first-order valence-corrected chi connectivity index (χ1v) is 7.40. The molecule has 2 atom stereocenters. The normalized spacial score (nSPS) is 22.4. The highest BCUT2D eigenvalue weighted by Gasteiger charge is 2.38. The number of carboxylic acid groups (broad SMARTS) is 1. The summed E-state index contributed by atoms with van der Waals surface area (Å²) < 4.78 is 0.695. The molecule has 1 amide bonds. The van der Waals surface area contributed by atoms with E-state index in [0.29, 0.717) is 23.7 Å². The summed E-state index contributed by atoms with van der Waals surface area (Å²) in [5.74, 6) is -1.84. The largest absolute Gasteiger partial charge is 0.481 e. The summed E-state index contributed by atoms with van der Waals surface area (Å²) in [6.07, 6.45) is 2.09. The summed E-state index contributed by atoms with van der Waals surface area (Å²) in [5, 5.41) is 9.12. The SMILES string of the molecule is CN(Cc1ccc(Cl)s1)C(=O)C1CCCC1C(=O)O. The van der Waals surface area contributed by atoms with Crippen molar-refractivity contribution < 1.29 is 14.7 Å². The Hall–Kier alpha value is -1.07. The smallest absolute Gasteiger partial charge is 0.307 e. The van der Waals surface area contributed by atoms with Gasteiger partial charge in [0, 0.05) is 11.9 Å². The van der Waals surface area contributed by atoms with Crippen molar-refractivity contribution in [1.82, 2.24) is 4.90 Å². The summed E-state index contributed by atoms with van der Waals surface area (Å²) in [7, 11) is 1.72. The van der Waals surface area contributed by atoms with Crippen molar-refractivity contribution in [3.05, 3.63) is 21.3 Å². The number of nitrogens with zero attached hydrogens (tertiary/aromatic N) is 1. The maximum absolute atomic E-state index is 12.3. The van der Waals surface area contributed by atoms with Crippen LogP contribution in [0.25, 0.3) is 0 Å². The minimum atomic E-state index is -0.858. The van der Waals surface area contributed by atoms with Crippen LogP contribution in [-0.2, 0) is 16.1 Å². The van der Waals surface area contributed by atoms with Crippen molar-refractivity contribution in [3.63, 3.8) is 0 Å². The molecule has 1 aliphatic rings. The number of halogens is 1. The van der Waals surface area contributed by atoms with Crippen LogP contribution in [0.1, 0.15) is 24.1 Å². The summed E-state index contributed by atoms with van der Waals surface area (Å²) in [6, 6.07) is 3.69. The molecule has 0 saturated heterocycles. The van der Waals surface area contributed by atoms with Crippen LogP contribution in [0.2, 0.25) is 4.34 Å². The van der Waals surface area contributed by atoms with Gasteiger partial charge in [-0.3, -0.25) is 9.59 Å². The number of carboxylic acids is 1. The maximum atomic E-state index is 12.3. The molecule has 1 N–H and O–H groups in total. The van der Waals surface area contributed by atoms with Crippen LogP contribution in [0.15, 0.2) is 12.1 Å². The third-order valence-electron chi connectivity index (χ3n) is 3.55. The van der Waals surface area contributed by atoms with E-state index in [2.05, 4.69) is 0 Å². The maximum Gasteiger partial charge on any atom is 0.307 e. The number of carbonyl (C=O) groups is 2. The van der Waals surface area contributed by atoms with E-state index in [1.54, 1.807) is 18.0 Å². The second-order valence-corrected chi connectivity index (χ2v) is 6.68. The van der Waals surface area contributed by atoms with Gasteiger partial charge in [0.15, 0.2) is 0 Å². The van der Waals surface area contributed by atoms with Gasteiger partial charge in [-0.1, -0.05) is 18.0 Å². The lowest BCUT2D eigenvalue weighted by atomic mass is 9.95. The Kier molecular flexibility index (Phi) is 4.47. The van der Waals surface area contributed by atoms with E-state index in [9.17, 15) is 9.59 Å². The fraction of sp³-hybridized carbons (Fsp3) is 0.538. The Labute approximate surface area is 121 Å². The van der Waals surface area contributed by atoms with Gasteiger partial charge in [-0.25, -0.2) is 0 Å². The lowest BCUT2D eigenvalue weighted by Gasteiger charge is -2.22. The molecule has 1 heterocycles.